The van der Waals surface area contributed by atoms with E-state index in [2.05, 4.69) is 0 Å². The summed E-state index contributed by atoms with van der Waals surface area (Å²) < 4.78 is 34.4. The first-order chi connectivity index (χ1) is 2.00. The van der Waals surface area contributed by atoms with Crippen molar-refractivity contribution in [3.8, 4) is 0 Å². The van der Waals surface area contributed by atoms with Crippen molar-refractivity contribution in [3.05, 3.63) is 0 Å². The van der Waals surface area contributed by atoms with Gasteiger partial charge in [-0.25, -0.2) is 0 Å². The smallest absolute Gasteiger partial charge is 1.00 e. The van der Waals surface area contributed by atoms with Crippen LogP contribution in [0.15, 0.2) is 0 Å². The number of hydrogen-bond donors (Lipinski definition) is 0. The molecule has 0 unspecified atom stereocenters. The van der Waals surface area contributed by atoms with E-state index >= 15 is 0 Å². The van der Waals surface area contributed by atoms with Gasteiger partial charge in [-0.15, -0.1) is 0 Å². The van der Waals surface area contributed by atoms with Gasteiger partial charge in [-0.05, 0) is 0 Å². The molecule has 7 heavy (non-hydrogen) atoms. The monoisotopic (exact) mass is 185 g/mol. The van der Waals surface area contributed by atoms with E-state index in [-0.39, 0.29) is 35.0 Å². The molecule has 0 aliphatic heterocycles. The predicted octanol–water partition coefficient (Wildman–Crippen LogP) is -6.82. The molecule has 0 fully saturated rings. The molecule has 0 aliphatic carbocycles. The summed E-state index contributed by atoms with van der Waals surface area (Å²) in [7, 11) is 0. The van der Waals surface area contributed by atoms with E-state index in [1.165, 1.54) is 0 Å². The van der Waals surface area contributed by atoms with Crippen molar-refractivity contribution in [1.82, 2.24) is 0 Å². The molecule has 0 amide bonds. The minimum Gasteiger partial charge on any atom is 1.00 e. The minimum absolute atomic E-state index is 0. The molecule has 0 saturated carbocycles. The molecule has 0 radical (unpaired) electrons. The molecule has 0 aromatic rings. The third kappa shape index (κ3) is 175. The van der Waals surface area contributed by atoms with Gasteiger partial charge in [0.05, 0.1) is 0 Å². The second-order valence-corrected chi connectivity index (χ2v) is 2.12. The Kier molecular flexibility index (Phi) is 11.5. The number of hydrogen-bond acceptors (Lipinski definition) is 4. The summed E-state index contributed by atoms with van der Waals surface area (Å²) in [6, 6.07) is 0. The van der Waals surface area contributed by atoms with Crippen LogP contribution < -0.4 is 37.9 Å². The Bertz CT molecular complexity index is 91.2. The molecule has 0 saturated heterocycles. The Morgan fingerprint density at radius 1 is 1.14 bits per heavy atom. The number of rotatable bonds is 0. The molecule has 0 spiro atoms. The van der Waals surface area contributed by atoms with Gasteiger partial charge >= 0.3 is 59.0 Å². The van der Waals surface area contributed by atoms with Crippen molar-refractivity contribution >= 4 is 13.4 Å². The molecule has 0 rings (SSSR count). The first-order valence-electron chi connectivity index (χ1n) is 0.667. The van der Waals surface area contributed by atoms with E-state index < -0.39 is 13.4 Å². The Morgan fingerprint density at radius 2 is 1.14 bits per heavy atom. The quantitative estimate of drug-likeness (QED) is 0.348. The summed E-state index contributed by atoms with van der Waals surface area (Å²) in [6.45, 7) is 0. The van der Waals surface area contributed by atoms with E-state index in [0.717, 1.165) is 0 Å². The summed E-state index contributed by atoms with van der Waals surface area (Å²) in [6.07, 6.45) is 0. The van der Waals surface area contributed by atoms with Crippen molar-refractivity contribution in [3.63, 3.8) is 0 Å². The van der Waals surface area contributed by atoms with Crippen molar-refractivity contribution in [2.45, 2.75) is 0 Å². The van der Waals surface area contributed by atoms with Crippen molar-refractivity contribution in [1.29, 1.82) is 0 Å². The maximum atomic E-state index is 8.59. The first kappa shape index (κ1) is 15.7. The summed E-state index contributed by atoms with van der Waals surface area (Å²) in [4.78, 5) is 0. The third-order valence-corrected chi connectivity index (χ3v) is 0. The SMILES string of the molecule is O.O=[Se](=O)([O-])[O-].[Na+]. The summed E-state index contributed by atoms with van der Waals surface area (Å²) in [5, 5.41) is 0. The summed E-state index contributed by atoms with van der Waals surface area (Å²) in [5.74, 6) is 0. The molecule has 0 aliphatic rings. The normalized spacial score (nSPS) is 8.29. The topological polar surface area (TPSA) is 112 Å². The third-order valence-electron chi connectivity index (χ3n) is 0. The maximum Gasteiger partial charge on any atom is 1.00 e. The summed E-state index contributed by atoms with van der Waals surface area (Å²) >= 11 is -5.75. The van der Waals surface area contributed by atoms with Gasteiger partial charge in [0.25, 0.3) is 0 Å². The standard InChI is InChI=1S/Na.H2O4Se.H2O/c;1-5(2,3)4;/h;(H2,1,2,3,4);1H2/q+1;;/p-2. The summed E-state index contributed by atoms with van der Waals surface area (Å²) in [5.41, 5.74) is 0. The molecule has 5 nitrogen and oxygen atoms in total. The van der Waals surface area contributed by atoms with Gasteiger partial charge < -0.3 is 5.48 Å². The van der Waals surface area contributed by atoms with E-state index in [1.54, 1.807) is 0 Å². The molecule has 7 heteroatoms. The van der Waals surface area contributed by atoms with Crippen LogP contribution in [0, 0.1) is 0 Å². The van der Waals surface area contributed by atoms with E-state index in [4.69, 9.17) is 16.0 Å². The van der Waals surface area contributed by atoms with Gasteiger partial charge in [-0.1, -0.05) is 0 Å². The average Bonchev–Trinajstić information content (AvgIpc) is 0.722. The Hall–Kier alpha value is 0.999. The van der Waals surface area contributed by atoms with Crippen LogP contribution in [-0.2, 0) is 7.67 Å². The largest absolute Gasteiger partial charge is 1.00 e. The minimum atomic E-state index is -5.75. The Morgan fingerprint density at radius 3 is 1.14 bits per heavy atom. The zero-order chi connectivity index (χ0) is 4.50. The Labute approximate surface area is 64.2 Å². The molecule has 40 valence electrons. The van der Waals surface area contributed by atoms with Crippen LogP contribution in [0.5, 0.6) is 0 Å². The van der Waals surface area contributed by atoms with Crippen LogP contribution in [0.1, 0.15) is 0 Å². The zero-order valence-electron chi connectivity index (χ0n) is 3.54. The van der Waals surface area contributed by atoms with Crippen LogP contribution in [0.3, 0.4) is 0 Å². The second-order valence-electron chi connectivity index (χ2n) is 0.408. The molecule has 0 aromatic heterocycles. The van der Waals surface area contributed by atoms with Gasteiger partial charge in [0.1, 0.15) is 0 Å². The van der Waals surface area contributed by atoms with E-state index in [0.29, 0.717) is 0 Å². The molecule has 0 aromatic carbocycles. The zero-order valence-corrected chi connectivity index (χ0v) is 7.25. The van der Waals surface area contributed by atoms with Crippen LogP contribution >= 0.6 is 0 Å². The fourth-order valence-corrected chi connectivity index (χ4v) is 0. The van der Waals surface area contributed by atoms with Crippen LogP contribution in [0.2, 0.25) is 0 Å². The van der Waals surface area contributed by atoms with Crippen molar-refractivity contribution in [2.75, 3.05) is 0 Å². The molecular weight excluding hydrogens is 182 g/mol. The van der Waals surface area contributed by atoms with Gasteiger partial charge in [0.2, 0.25) is 0 Å². The maximum absolute atomic E-state index is 8.59. The predicted molar refractivity (Wildman–Crippen MR) is 10.7 cm³/mol. The van der Waals surface area contributed by atoms with Crippen molar-refractivity contribution < 1.29 is 51.1 Å². The first-order valence-corrected chi connectivity index (χ1v) is 3.46. The van der Waals surface area contributed by atoms with Crippen LogP contribution in [0.25, 0.3) is 0 Å². The van der Waals surface area contributed by atoms with Gasteiger partial charge in [-0.3, -0.25) is 0 Å². The average molecular weight is 184 g/mol. The Balaban J connectivity index is -0.0000000800. The second kappa shape index (κ2) is 5.14. The van der Waals surface area contributed by atoms with Crippen molar-refractivity contribution in [2.24, 2.45) is 0 Å². The molecule has 0 atom stereocenters. The molecule has 2 N–H and O–H groups in total. The van der Waals surface area contributed by atoms with E-state index in [9.17, 15) is 0 Å². The fourth-order valence-electron chi connectivity index (χ4n) is 0. The van der Waals surface area contributed by atoms with Gasteiger partial charge in [0, 0.05) is 0 Å². The van der Waals surface area contributed by atoms with Gasteiger partial charge in [-0.2, -0.15) is 0 Å². The van der Waals surface area contributed by atoms with Crippen LogP contribution in [0.4, 0.5) is 0 Å². The van der Waals surface area contributed by atoms with E-state index in [1.807, 2.05) is 0 Å². The van der Waals surface area contributed by atoms with Gasteiger partial charge in [0.15, 0.2) is 0 Å². The fraction of sp³-hybridized carbons (Fsp3) is 0. The van der Waals surface area contributed by atoms with Crippen LogP contribution in [-0.4, -0.2) is 18.8 Å². The molecule has 0 bridgehead atoms. The molecule has 0 heterocycles. The molecular formula is H2NaO5Se-.